The van der Waals surface area contributed by atoms with Gasteiger partial charge in [-0.15, -0.1) is 24.5 Å². The van der Waals surface area contributed by atoms with Crippen LogP contribution < -0.4 is 15.8 Å². The number of carbonyl (C=O) groups is 1. The van der Waals surface area contributed by atoms with Crippen molar-refractivity contribution in [2.24, 2.45) is 0 Å². The molecule has 0 fully saturated rings. The summed E-state index contributed by atoms with van der Waals surface area (Å²) in [7, 11) is 0. The van der Waals surface area contributed by atoms with Crippen LogP contribution in [0.3, 0.4) is 0 Å². The highest BCUT2D eigenvalue weighted by Gasteiger charge is 2.31. The Morgan fingerprint density at radius 2 is 2.03 bits per heavy atom. The van der Waals surface area contributed by atoms with Crippen LogP contribution in [0.25, 0.3) is 0 Å². The number of aromatic nitrogens is 3. The Balaban J connectivity index is 1.42. The van der Waals surface area contributed by atoms with Crippen LogP contribution in [-0.4, -0.2) is 38.7 Å². The third-order valence-corrected chi connectivity index (χ3v) is 5.62. The molecule has 162 valence electrons. The fourth-order valence-corrected chi connectivity index (χ4v) is 4.41. The number of fused-ring (bicyclic) bond motifs is 1. The molecule has 1 aliphatic rings. The summed E-state index contributed by atoms with van der Waals surface area (Å²) in [5.74, 6) is -0.673. The van der Waals surface area contributed by atoms with Crippen molar-refractivity contribution in [3.05, 3.63) is 57.8 Å². The van der Waals surface area contributed by atoms with E-state index in [1.54, 1.807) is 17.8 Å². The minimum absolute atomic E-state index is 0.118. The molecule has 31 heavy (non-hydrogen) atoms. The van der Waals surface area contributed by atoms with Crippen molar-refractivity contribution in [2.75, 3.05) is 17.6 Å². The fourth-order valence-electron chi connectivity index (χ4n) is 3.29. The number of halogens is 3. The molecule has 0 aromatic carbocycles. The number of anilines is 2. The smallest absolute Gasteiger partial charge is 0.404 e. The van der Waals surface area contributed by atoms with Crippen LogP contribution in [0.15, 0.2) is 36.2 Å². The minimum atomic E-state index is -4.83. The molecule has 4 rings (SSSR count). The number of thiophene rings is 1. The van der Waals surface area contributed by atoms with Gasteiger partial charge in [0.15, 0.2) is 0 Å². The van der Waals surface area contributed by atoms with Gasteiger partial charge in [-0.05, 0) is 12.0 Å². The summed E-state index contributed by atoms with van der Waals surface area (Å²) < 4.78 is 41.0. The van der Waals surface area contributed by atoms with Crippen molar-refractivity contribution < 1.29 is 22.7 Å². The van der Waals surface area contributed by atoms with E-state index < -0.39 is 18.0 Å². The largest absolute Gasteiger partial charge is 0.573 e. The molecular weight excluding hydrogens is 433 g/mol. The van der Waals surface area contributed by atoms with Gasteiger partial charge in [-0.1, -0.05) is 0 Å². The first kappa shape index (κ1) is 21.0. The number of rotatable bonds is 5. The summed E-state index contributed by atoms with van der Waals surface area (Å²) in [4.78, 5) is 27.7. The molecule has 8 nitrogen and oxygen atoms in total. The SMILES string of the molecule is Nc1ncc(CN2CCc3c(C(=O)Nc4cncc(OC(F)(F)F)c4)csc3C2)cn1. The van der Waals surface area contributed by atoms with E-state index in [1.165, 1.54) is 17.5 Å². The second-order valence-corrected chi connectivity index (χ2v) is 7.84. The Morgan fingerprint density at radius 3 is 2.77 bits per heavy atom. The average molecular weight is 450 g/mol. The van der Waals surface area contributed by atoms with E-state index in [1.807, 2.05) is 0 Å². The summed E-state index contributed by atoms with van der Waals surface area (Å²) in [5.41, 5.74) is 8.03. The van der Waals surface area contributed by atoms with E-state index in [9.17, 15) is 18.0 Å². The van der Waals surface area contributed by atoms with Gasteiger partial charge in [0.25, 0.3) is 5.91 Å². The Bertz CT molecular complexity index is 1090. The second kappa shape index (κ2) is 8.47. The van der Waals surface area contributed by atoms with Crippen LogP contribution >= 0.6 is 11.3 Å². The predicted octanol–water partition coefficient (Wildman–Crippen LogP) is 3.22. The van der Waals surface area contributed by atoms with Crippen LogP contribution in [0.2, 0.25) is 0 Å². The molecule has 0 unspecified atom stereocenters. The molecule has 0 aliphatic carbocycles. The summed E-state index contributed by atoms with van der Waals surface area (Å²) >= 11 is 1.48. The minimum Gasteiger partial charge on any atom is -0.404 e. The zero-order valence-electron chi connectivity index (χ0n) is 16.0. The van der Waals surface area contributed by atoms with E-state index >= 15 is 0 Å². The number of carbonyl (C=O) groups excluding carboxylic acids is 1. The van der Waals surface area contributed by atoms with E-state index in [4.69, 9.17) is 5.73 Å². The van der Waals surface area contributed by atoms with Gasteiger partial charge in [-0.2, -0.15) is 0 Å². The molecular formula is C19H17F3N6O2S. The molecule has 3 N–H and O–H groups in total. The van der Waals surface area contributed by atoms with Crippen LogP contribution in [-0.2, 0) is 19.5 Å². The first-order valence-corrected chi connectivity index (χ1v) is 10.0. The van der Waals surface area contributed by atoms with Gasteiger partial charge in [-0.3, -0.25) is 14.7 Å². The molecule has 0 saturated carbocycles. The number of nitrogens with one attached hydrogen (secondary N) is 1. The van der Waals surface area contributed by atoms with Gasteiger partial charge in [0.05, 0.1) is 23.6 Å². The number of amides is 1. The Kier molecular flexibility index (Phi) is 5.74. The number of hydrogen-bond donors (Lipinski definition) is 2. The standard InChI is InChI=1S/C19H17F3N6O2S/c20-19(21,22)30-13-3-12(6-24-7-13)27-17(29)15-10-31-16-9-28(2-1-14(15)16)8-11-4-25-18(23)26-5-11/h3-7,10H,1-2,8-9H2,(H,27,29)(H2,23,25,26). The molecule has 12 heteroatoms. The number of alkyl halides is 3. The summed E-state index contributed by atoms with van der Waals surface area (Å²) in [6.07, 6.45) is 1.41. The fraction of sp³-hybridized carbons (Fsp3) is 0.263. The van der Waals surface area contributed by atoms with Gasteiger partial charge in [0.1, 0.15) is 5.75 Å². The summed E-state index contributed by atoms with van der Waals surface area (Å²) in [6.45, 7) is 2.08. The van der Waals surface area contributed by atoms with E-state index in [2.05, 4.69) is 29.9 Å². The topological polar surface area (TPSA) is 106 Å². The molecule has 0 radical (unpaired) electrons. The summed E-state index contributed by atoms with van der Waals surface area (Å²) in [5, 5.41) is 4.36. The van der Waals surface area contributed by atoms with E-state index in [-0.39, 0.29) is 11.6 Å². The highest BCUT2D eigenvalue weighted by Crippen LogP contribution is 2.30. The lowest BCUT2D eigenvalue weighted by Crippen LogP contribution is -2.30. The van der Waals surface area contributed by atoms with Gasteiger partial charge >= 0.3 is 6.36 Å². The van der Waals surface area contributed by atoms with Gasteiger partial charge in [0, 0.05) is 53.9 Å². The van der Waals surface area contributed by atoms with Crippen molar-refractivity contribution in [3.8, 4) is 5.75 Å². The van der Waals surface area contributed by atoms with Crippen LogP contribution in [0.5, 0.6) is 5.75 Å². The number of hydrogen-bond acceptors (Lipinski definition) is 8. The number of nitrogens with zero attached hydrogens (tertiary/aromatic N) is 4. The maximum atomic E-state index is 12.7. The van der Waals surface area contributed by atoms with Crippen molar-refractivity contribution in [2.45, 2.75) is 25.9 Å². The predicted molar refractivity (Wildman–Crippen MR) is 107 cm³/mol. The first-order chi connectivity index (χ1) is 14.8. The molecule has 1 amide bonds. The quantitative estimate of drug-likeness (QED) is 0.615. The number of ether oxygens (including phenoxy) is 1. The lowest BCUT2D eigenvalue weighted by atomic mass is 10.0. The van der Waals surface area contributed by atoms with Crippen molar-refractivity contribution >= 4 is 28.9 Å². The van der Waals surface area contributed by atoms with Crippen molar-refractivity contribution in [1.82, 2.24) is 19.9 Å². The molecule has 4 heterocycles. The lowest BCUT2D eigenvalue weighted by Gasteiger charge is -2.27. The Hall–Kier alpha value is -3.25. The third-order valence-electron chi connectivity index (χ3n) is 4.61. The van der Waals surface area contributed by atoms with Crippen LogP contribution in [0.1, 0.15) is 26.4 Å². The molecule has 0 saturated heterocycles. The first-order valence-electron chi connectivity index (χ1n) is 9.17. The maximum Gasteiger partial charge on any atom is 0.573 e. The second-order valence-electron chi connectivity index (χ2n) is 6.87. The molecule has 0 bridgehead atoms. The summed E-state index contributed by atoms with van der Waals surface area (Å²) in [6, 6.07) is 1.08. The zero-order chi connectivity index (χ0) is 22.0. The van der Waals surface area contributed by atoms with E-state index in [0.717, 1.165) is 34.8 Å². The zero-order valence-corrected chi connectivity index (χ0v) is 16.8. The van der Waals surface area contributed by atoms with Gasteiger partial charge in [-0.25, -0.2) is 9.97 Å². The average Bonchev–Trinajstić information content (AvgIpc) is 3.12. The number of pyridine rings is 1. The molecule has 0 spiro atoms. The number of nitrogen functional groups attached to an aromatic ring is 1. The number of nitrogens with two attached hydrogens (primary N) is 1. The molecule has 1 aliphatic heterocycles. The van der Waals surface area contributed by atoms with Crippen molar-refractivity contribution in [1.29, 1.82) is 0 Å². The van der Waals surface area contributed by atoms with Gasteiger partial charge < -0.3 is 15.8 Å². The highest BCUT2D eigenvalue weighted by atomic mass is 32.1. The van der Waals surface area contributed by atoms with Crippen LogP contribution in [0.4, 0.5) is 24.8 Å². The monoisotopic (exact) mass is 450 g/mol. The van der Waals surface area contributed by atoms with Gasteiger partial charge in [0.2, 0.25) is 5.95 Å². The third kappa shape index (κ3) is 5.27. The Morgan fingerprint density at radius 1 is 1.26 bits per heavy atom. The van der Waals surface area contributed by atoms with Crippen LogP contribution in [0, 0.1) is 0 Å². The molecule has 3 aromatic heterocycles. The van der Waals surface area contributed by atoms with Crippen molar-refractivity contribution in [3.63, 3.8) is 0 Å². The maximum absolute atomic E-state index is 12.7. The highest BCUT2D eigenvalue weighted by molar-refractivity contribution is 7.10. The lowest BCUT2D eigenvalue weighted by molar-refractivity contribution is -0.274. The molecule has 3 aromatic rings. The molecule has 0 atom stereocenters. The van der Waals surface area contributed by atoms with E-state index in [0.29, 0.717) is 25.1 Å². The Labute approximate surface area is 178 Å². The normalized spacial score (nSPS) is 14.2.